The van der Waals surface area contributed by atoms with Crippen molar-refractivity contribution >= 4 is 11.5 Å². The zero-order chi connectivity index (χ0) is 20.7. The predicted octanol–water partition coefficient (Wildman–Crippen LogP) is 5.53. The number of aliphatic hydroxyl groups excluding tert-OH is 1. The van der Waals surface area contributed by atoms with Crippen molar-refractivity contribution < 1.29 is 14.6 Å². The van der Waals surface area contributed by atoms with Crippen LogP contribution in [0, 0.1) is 24.7 Å². The Kier molecular flexibility index (Phi) is 5.60. The number of benzene rings is 1. The van der Waals surface area contributed by atoms with E-state index in [2.05, 4.69) is 65.8 Å². The van der Waals surface area contributed by atoms with Gasteiger partial charge >= 0.3 is 5.97 Å². The monoisotopic (exact) mass is 382 g/mol. The quantitative estimate of drug-likeness (QED) is 0.700. The van der Waals surface area contributed by atoms with Crippen LogP contribution in [0.15, 0.2) is 35.9 Å². The van der Waals surface area contributed by atoms with Crippen molar-refractivity contribution in [2.75, 3.05) is 0 Å². The molecule has 2 aliphatic rings. The summed E-state index contributed by atoms with van der Waals surface area (Å²) >= 11 is 0. The zero-order valence-corrected chi connectivity index (χ0v) is 18.1. The third-order valence-electron chi connectivity index (χ3n) is 5.87. The van der Waals surface area contributed by atoms with Crippen molar-refractivity contribution in [3.8, 4) is 0 Å². The SMILES string of the molecule is Cc1cc(C)cc(C2=C(/C=C/[C@@H]3C[C@@H](O)CC(=O)O3)C(C)(C)CC(C)(C)C2)c1. The molecule has 1 N–H and O–H groups in total. The third-order valence-corrected chi connectivity index (χ3v) is 5.87. The molecule has 0 radical (unpaired) electrons. The molecule has 1 aliphatic carbocycles. The van der Waals surface area contributed by atoms with Crippen LogP contribution in [0.2, 0.25) is 0 Å². The Labute approximate surface area is 169 Å². The number of carbonyl (C=O) groups excluding carboxylic acids is 1. The van der Waals surface area contributed by atoms with E-state index in [4.69, 9.17) is 4.74 Å². The van der Waals surface area contributed by atoms with Gasteiger partial charge in [0.2, 0.25) is 0 Å². The fraction of sp³-hybridized carbons (Fsp3) is 0.560. The van der Waals surface area contributed by atoms with E-state index in [0.29, 0.717) is 6.42 Å². The standard InChI is InChI=1S/C25H34O3/c1-16-9-17(2)11-18(10-16)21-14-24(3,4)15-25(5,6)22(21)8-7-20-12-19(26)13-23(27)28-20/h7-11,19-20,26H,12-15H2,1-6H3/b8-7+/t19-,20-/m1/s1. The van der Waals surface area contributed by atoms with Crippen LogP contribution in [0.25, 0.3) is 5.57 Å². The normalized spacial score (nSPS) is 27.2. The van der Waals surface area contributed by atoms with Crippen LogP contribution in [0.3, 0.4) is 0 Å². The molecule has 2 atom stereocenters. The number of carbonyl (C=O) groups is 1. The fourth-order valence-corrected chi connectivity index (χ4v) is 5.20. The van der Waals surface area contributed by atoms with Gasteiger partial charge in [0.15, 0.2) is 0 Å². The summed E-state index contributed by atoms with van der Waals surface area (Å²) in [5.41, 5.74) is 6.77. The number of hydrogen-bond donors (Lipinski definition) is 1. The summed E-state index contributed by atoms with van der Waals surface area (Å²) in [6, 6.07) is 6.76. The lowest BCUT2D eigenvalue weighted by Gasteiger charge is -2.43. The summed E-state index contributed by atoms with van der Waals surface area (Å²) in [4.78, 5) is 11.7. The van der Waals surface area contributed by atoms with Gasteiger partial charge in [-0.25, -0.2) is 0 Å². The Morgan fingerprint density at radius 1 is 1.11 bits per heavy atom. The maximum atomic E-state index is 11.7. The summed E-state index contributed by atoms with van der Waals surface area (Å²) in [7, 11) is 0. The molecule has 1 fully saturated rings. The van der Waals surface area contributed by atoms with Crippen molar-refractivity contribution in [2.24, 2.45) is 10.8 Å². The summed E-state index contributed by atoms with van der Waals surface area (Å²) in [6.45, 7) is 13.6. The van der Waals surface area contributed by atoms with Crippen LogP contribution >= 0.6 is 0 Å². The van der Waals surface area contributed by atoms with E-state index in [0.717, 1.165) is 12.8 Å². The largest absolute Gasteiger partial charge is 0.458 e. The number of aryl methyl sites for hydroxylation is 2. The maximum Gasteiger partial charge on any atom is 0.309 e. The van der Waals surface area contributed by atoms with E-state index >= 15 is 0 Å². The van der Waals surface area contributed by atoms with Gasteiger partial charge in [0.05, 0.1) is 12.5 Å². The van der Waals surface area contributed by atoms with Gasteiger partial charge in [-0.15, -0.1) is 0 Å². The minimum Gasteiger partial charge on any atom is -0.458 e. The van der Waals surface area contributed by atoms with Gasteiger partial charge in [-0.1, -0.05) is 63.1 Å². The van der Waals surface area contributed by atoms with Gasteiger partial charge in [0, 0.05) is 6.42 Å². The molecule has 0 saturated carbocycles. The van der Waals surface area contributed by atoms with Crippen LogP contribution in [-0.4, -0.2) is 23.3 Å². The lowest BCUT2D eigenvalue weighted by molar-refractivity contribution is -0.156. The van der Waals surface area contributed by atoms with Crippen LogP contribution < -0.4 is 0 Å². The smallest absolute Gasteiger partial charge is 0.309 e. The lowest BCUT2D eigenvalue weighted by atomic mass is 9.61. The molecule has 3 nitrogen and oxygen atoms in total. The maximum absolute atomic E-state index is 11.7. The Balaban J connectivity index is 2.06. The summed E-state index contributed by atoms with van der Waals surface area (Å²) < 4.78 is 5.43. The molecule has 1 heterocycles. The highest BCUT2D eigenvalue weighted by Gasteiger charge is 2.38. The van der Waals surface area contributed by atoms with Crippen LogP contribution in [-0.2, 0) is 9.53 Å². The van der Waals surface area contributed by atoms with Gasteiger partial charge in [-0.05, 0) is 60.3 Å². The molecule has 3 heteroatoms. The molecule has 0 unspecified atom stereocenters. The lowest BCUT2D eigenvalue weighted by Crippen LogP contribution is -2.32. The van der Waals surface area contributed by atoms with Crippen LogP contribution in [0.1, 0.15) is 70.1 Å². The number of cyclic esters (lactones) is 1. The zero-order valence-electron chi connectivity index (χ0n) is 18.1. The highest BCUT2D eigenvalue weighted by Crippen LogP contribution is 2.52. The Morgan fingerprint density at radius 3 is 2.36 bits per heavy atom. The average Bonchev–Trinajstić information content (AvgIpc) is 2.49. The average molecular weight is 383 g/mol. The molecule has 3 rings (SSSR count). The van der Waals surface area contributed by atoms with Crippen molar-refractivity contribution in [1.82, 2.24) is 0 Å². The highest BCUT2D eigenvalue weighted by atomic mass is 16.5. The molecule has 1 saturated heterocycles. The number of ether oxygens (including phenoxy) is 1. The molecule has 0 aromatic heterocycles. The number of rotatable bonds is 3. The molecule has 0 bridgehead atoms. The molecular formula is C25H34O3. The minimum atomic E-state index is -0.609. The number of aliphatic hydroxyl groups is 1. The van der Waals surface area contributed by atoms with Gasteiger partial charge < -0.3 is 9.84 Å². The molecule has 1 aliphatic heterocycles. The fourth-order valence-electron chi connectivity index (χ4n) is 5.20. The van der Waals surface area contributed by atoms with E-state index < -0.39 is 6.10 Å². The van der Waals surface area contributed by atoms with E-state index in [-0.39, 0.29) is 29.3 Å². The molecule has 1 aromatic rings. The number of allylic oxidation sites excluding steroid dienone is 3. The van der Waals surface area contributed by atoms with Gasteiger partial charge in [0.25, 0.3) is 0 Å². The molecular weight excluding hydrogens is 348 g/mol. The van der Waals surface area contributed by atoms with Crippen molar-refractivity contribution in [3.05, 3.63) is 52.6 Å². The summed E-state index contributed by atoms with van der Waals surface area (Å²) in [5.74, 6) is -0.319. The Morgan fingerprint density at radius 2 is 1.75 bits per heavy atom. The first-order valence-electron chi connectivity index (χ1n) is 10.3. The second-order valence-electron chi connectivity index (χ2n) is 10.2. The molecule has 152 valence electrons. The Bertz CT molecular complexity index is 806. The summed E-state index contributed by atoms with van der Waals surface area (Å²) in [5, 5.41) is 9.90. The van der Waals surface area contributed by atoms with Gasteiger partial charge in [0.1, 0.15) is 6.10 Å². The Hall–Kier alpha value is -1.87. The van der Waals surface area contributed by atoms with Crippen LogP contribution in [0.5, 0.6) is 0 Å². The van der Waals surface area contributed by atoms with E-state index in [1.54, 1.807) is 0 Å². The molecule has 28 heavy (non-hydrogen) atoms. The van der Waals surface area contributed by atoms with Crippen molar-refractivity contribution in [2.45, 2.75) is 79.4 Å². The van der Waals surface area contributed by atoms with Crippen molar-refractivity contribution in [3.63, 3.8) is 0 Å². The van der Waals surface area contributed by atoms with Gasteiger partial charge in [-0.2, -0.15) is 0 Å². The molecule has 0 spiro atoms. The summed E-state index contributed by atoms with van der Waals surface area (Å²) in [6.07, 6.45) is 5.85. The molecule has 1 aromatic carbocycles. The first-order valence-corrected chi connectivity index (χ1v) is 10.3. The molecule has 0 amide bonds. The van der Waals surface area contributed by atoms with E-state index in [1.807, 2.05) is 6.08 Å². The van der Waals surface area contributed by atoms with Crippen molar-refractivity contribution in [1.29, 1.82) is 0 Å². The van der Waals surface area contributed by atoms with Gasteiger partial charge in [-0.3, -0.25) is 4.79 Å². The highest BCUT2D eigenvalue weighted by molar-refractivity contribution is 5.75. The first kappa shape index (κ1) is 20.9. The second kappa shape index (κ2) is 7.51. The van der Waals surface area contributed by atoms with E-state index in [1.165, 1.54) is 27.8 Å². The second-order valence-corrected chi connectivity index (χ2v) is 10.2. The first-order chi connectivity index (χ1) is 12.9. The van der Waals surface area contributed by atoms with E-state index in [9.17, 15) is 9.90 Å². The number of hydrogen-bond acceptors (Lipinski definition) is 3. The third kappa shape index (κ3) is 4.75. The van der Waals surface area contributed by atoms with Crippen LogP contribution in [0.4, 0.5) is 0 Å². The number of esters is 1. The topological polar surface area (TPSA) is 46.5 Å². The predicted molar refractivity (Wildman–Crippen MR) is 114 cm³/mol. The minimum absolute atomic E-state index is 0.0164.